The summed E-state index contributed by atoms with van der Waals surface area (Å²) in [6, 6.07) is 37.4. The number of ether oxygens (including phenoxy) is 1. The molecular weight excluding hydrogens is 521 g/mol. The van der Waals surface area contributed by atoms with Gasteiger partial charge in [-0.05, 0) is 0 Å². The van der Waals surface area contributed by atoms with Crippen molar-refractivity contribution in [1.82, 2.24) is 4.98 Å². The van der Waals surface area contributed by atoms with Crippen LogP contribution in [0.5, 0.6) is 6.08 Å². The normalized spacial score (nSPS) is 12.7. The van der Waals surface area contributed by atoms with Gasteiger partial charge >= 0.3 is 213 Å². The molecule has 1 heterocycles. The minimum absolute atomic E-state index is 0.00790. The first-order valence-electron chi connectivity index (χ1n) is 11.5. The van der Waals surface area contributed by atoms with Crippen molar-refractivity contribution in [3.63, 3.8) is 0 Å². The van der Waals surface area contributed by atoms with Gasteiger partial charge in [0.1, 0.15) is 0 Å². The Morgan fingerprint density at radius 1 is 0.771 bits per heavy atom. The average Bonchev–Trinajstić information content (AvgIpc) is 2.91. The SMILES string of the molecule is CCOc1nc2c(CP(Br)(c3ccccc3)(c3ccccc3)c3ccccc3)cccc2c(=O)o1. The average molecular weight is 546 g/mol. The molecule has 1 aromatic heterocycles. The fourth-order valence-electron chi connectivity index (χ4n) is 4.71. The second kappa shape index (κ2) is 9.41. The molecule has 0 N–H and O–H groups in total. The van der Waals surface area contributed by atoms with Crippen LogP contribution in [-0.4, -0.2) is 11.6 Å². The molecule has 0 aliphatic heterocycles. The molecule has 0 saturated carbocycles. The van der Waals surface area contributed by atoms with E-state index in [1.165, 1.54) is 15.9 Å². The van der Waals surface area contributed by atoms with Gasteiger partial charge in [-0.3, -0.25) is 0 Å². The number of hydrogen-bond donors (Lipinski definition) is 0. The fourth-order valence-corrected chi connectivity index (χ4v) is 12.4. The van der Waals surface area contributed by atoms with E-state index in [-0.39, 0.29) is 6.08 Å². The third kappa shape index (κ3) is 3.99. The van der Waals surface area contributed by atoms with Crippen molar-refractivity contribution in [2.75, 3.05) is 6.61 Å². The van der Waals surface area contributed by atoms with Gasteiger partial charge in [0.15, 0.2) is 0 Å². The van der Waals surface area contributed by atoms with Crippen LogP contribution in [0, 0.1) is 0 Å². The van der Waals surface area contributed by atoms with Crippen molar-refractivity contribution in [3.05, 3.63) is 125 Å². The van der Waals surface area contributed by atoms with Crippen molar-refractivity contribution in [2.45, 2.75) is 13.1 Å². The second-order valence-electron chi connectivity index (χ2n) is 8.36. The molecule has 4 aromatic carbocycles. The molecule has 0 aliphatic carbocycles. The molecule has 0 bridgehead atoms. The summed E-state index contributed by atoms with van der Waals surface area (Å²) in [4.78, 5) is 17.4. The molecule has 0 fully saturated rings. The van der Waals surface area contributed by atoms with E-state index in [1.807, 2.05) is 37.3 Å². The maximum absolute atomic E-state index is 12.8. The topological polar surface area (TPSA) is 52.3 Å². The van der Waals surface area contributed by atoms with Gasteiger partial charge in [0, 0.05) is 0 Å². The van der Waals surface area contributed by atoms with Gasteiger partial charge < -0.3 is 0 Å². The molecule has 0 atom stereocenters. The van der Waals surface area contributed by atoms with Crippen LogP contribution in [0.4, 0.5) is 0 Å². The molecule has 0 unspecified atom stereocenters. The van der Waals surface area contributed by atoms with Crippen LogP contribution >= 0.6 is 20.8 Å². The quantitative estimate of drug-likeness (QED) is 0.238. The Morgan fingerprint density at radius 2 is 1.29 bits per heavy atom. The van der Waals surface area contributed by atoms with Crippen molar-refractivity contribution < 1.29 is 9.15 Å². The van der Waals surface area contributed by atoms with Crippen LogP contribution in [0.1, 0.15) is 12.5 Å². The zero-order valence-corrected chi connectivity index (χ0v) is 21.8. The van der Waals surface area contributed by atoms with Crippen LogP contribution < -0.4 is 26.3 Å². The summed E-state index contributed by atoms with van der Waals surface area (Å²) in [5.41, 5.74) is 1.10. The number of para-hydroxylation sites is 1. The van der Waals surface area contributed by atoms with E-state index in [4.69, 9.17) is 9.15 Å². The Labute approximate surface area is 212 Å². The van der Waals surface area contributed by atoms with Gasteiger partial charge in [0.05, 0.1) is 0 Å². The standard InChI is InChI=1S/C29H25BrNO3P/c1-2-33-29-31-27-22(13-12-20-26(27)28(32)34-29)21-35(30,23-14-6-3-7-15-23,24-16-8-4-9-17-24)25-18-10-5-11-19-25/h3-20H,2,21H2,1H3. The van der Waals surface area contributed by atoms with Gasteiger partial charge in [0.25, 0.3) is 0 Å². The van der Waals surface area contributed by atoms with Crippen LogP contribution in [0.15, 0.2) is 118 Å². The molecule has 4 nitrogen and oxygen atoms in total. The number of nitrogens with zero attached hydrogens (tertiary/aromatic N) is 1. The summed E-state index contributed by atoms with van der Waals surface area (Å²) in [5.74, 6) is 0. The van der Waals surface area contributed by atoms with Crippen molar-refractivity contribution in [2.24, 2.45) is 0 Å². The molecule has 0 spiro atoms. The number of benzene rings is 4. The van der Waals surface area contributed by atoms with Crippen molar-refractivity contribution >= 4 is 47.6 Å². The molecule has 5 rings (SSSR count). The number of fused-ring (bicyclic) bond motifs is 1. The van der Waals surface area contributed by atoms with Crippen LogP contribution in [0.2, 0.25) is 0 Å². The molecule has 176 valence electrons. The molecule has 0 radical (unpaired) electrons. The molecule has 0 amide bonds. The zero-order valence-electron chi connectivity index (χ0n) is 19.3. The van der Waals surface area contributed by atoms with E-state index in [0.29, 0.717) is 23.7 Å². The summed E-state index contributed by atoms with van der Waals surface area (Å²) in [6.07, 6.45) is 0.606. The molecule has 5 aromatic rings. The third-order valence-corrected chi connectivity index (χ3v) is 15.8. The van der Waals surface area contributed by atoms with Crippen molar-refractivity contribution in [3.8, 4) is 6.08 Å². The van der Waals surface area contributed by atoms with E-state index in [9.17, 15) is 4.79 Å². The Bertz CT molecular complexity index is 1420. The van der Waals surface area contributed by atoms with E-state index in [2.05, 4.69) is 93.3 Å². The van der Waals surface area contributed by atoms with Crippen LogP contribution in [-0.2, 0) is 6.16 Å². The molecule has 35 heavy (non-hydrogen) atoms. The number of aromatic nitrogens is 1. The first kappa shape index (κ1) is 23.5. The predicted molar refractivity (Wildman–Crippen MR) is 149 cm³/mol. The Balaban J connectivity index is 1.87. The molecule has 6 heteroatoms. The summed E-state index contributed by atoms with van der Waals surface area (Å²) >= 11 is 4.48. The van der Waals surface area contributed by atoms with Gasteiger partial charge in [-0.1, -0.05) is 0 Å². The van der Waals surface area contributed by atoms with E-state index >= 15 is 0 Å². The minimum atomic E-state index is -3.26. The maximum atomic E-state index is 12.8. The summed E-state index contributed by atoms with van der Waals surface area (Å²) in [5, 5.41) is 0.769. The van der Waals surface area contributed by atoms with Crippen LogP contribution in [0.3, 0.4) is 0 Å². The Morgan fingerprint density at radius 3 is 1.77 bits per heavy atom. The first-order chi connectivity index (χ1) is 17.0. The Kier molecular flexibility index (Phi) is 6.31. The van der Waals surface area contributed by atoms with Gasteiger partial charge in [-0.15, -0.1) is 0 Å². The molecular formula is C29H25BrNO3P. The van der Waals surface area contributed by atoms with Gasteiger partial charge in [0.2, 0.25) is 0 Å². The molecule has 0 saturated heterocycles. The third-order valence-electron chi connectivity index (χ3n) is 6.34. The Hall–Kier alpha value is -3.27. The fraction of sp³-hybridized carbons (Fsp3) is 0.103. The summed E-state index contributed by atoms with van der Waals surface area (Å²) in [6.45, 7) is 2.20. The zero-order chi connectivity index (χ0) is 24.3. The van der Waals surface area contributed by atoms with E-state index in [0.717, 1.165) is 5.56 Å². The van der Waals surface area contributed by atoms with E-state index in [1.54, 1.807) is 6.07 Å². The number of rotatable bonds is 7. The molecule has 0 aliphatic rings. The summed E-state index contributed by atoms with van der Waals surface area (Å²) in [7, 11) is 0. The van der Waals surface area contributed by atoms with Crippen LogP contribution in [0.25, 0.3) is 10.9 Å². The number of hydrogen-bond acceptors (Lipinski definition) is 4. The van der Waals surface area contributed by atoms with Crippen molar-refractivity contribution in [1.29, 1.82) is 0 Å². The van der Waals surface area contributed by atoms with E-state index < -0.39 is 10.9 Å². The number of halogens is 1. The summed E-state index contributed by atoms with van der Waals surface area (Å²) < 4.78 is 10.8. The monoisotopic (exact) mass is 545 g/mol. The second-order valence-corrected chi connectivity index (χ2v) is 17.3. The predicted octanol–water partition coefficient (Wildman–Crippen LogP) is 5.93. The van der Waals surface area contributed by atoms with Gasteiger partial charge in [-0.25, -0.2) is 0 Å². The first-order valence-corrected chi connectivity index (χ1v) is 15.9. The van der Waals surface area contributed by atoms with Gasteiger partial charge in [-0.2, -0.15) is 0 Å².